The number of hydrogen-bond donors (Lipinski definition) is 1. The van der Waals surface area contributed by atoms with Gasteiger partial charge in [0.2, 0.25) is 0 Å². The van der Waals surface area contributed by atoms with Gasteiger partial charge in [-0.2, -0.15) is 5.26 Å². The van der Waals surface area contributed by atoms with Gasteiger partial charge in [0.05, 0.1) is 16.1 Å². The van der Waals surface area contributed by atoms with Gasteiger partial charge in [0.15, 0.2) is 5.82 Å². The number of halogens is 1. The van der Waals surface area contributed by atoms with Gasteiger partial charge < -0.3 is 9.84 Å². The topological polar surface area (TPSA) is 96.1 Å². The van der Waals surface area contributed by atoms with Gasteiger partial charge in [-0.3, -0.25) is 0 Å². The molecule has 3 aromatic rings. The van der Waals surface area contributed by atoms with E-state index in [4.69, 9.17) is 26.7 Å². The van der Waals surface area contributed by atoms with Gasteiger partial charge >= 0.3 is 5.97 Å². The lowest BCUT2D eigenvalue weighted by Gasteiger charge is -2.08. The van der Waals surface area contributed by atoms with Crippen LogP contribution in [-0.2, 0) is 6.61 Å². The largest absolute Gasteiger partial charge is 0.489 e. The minimum absolute atomic E-state index is 0.0356. The third-order valence-electron chi connectivity index (χ3n) is 3.57. The second-order valence-corrected chi connectivity index (χ2v) is 5.75. The summed E-state index contributed by atoms with van der Waals surface area (Å²) in [7, 11) is 0. The molecular weight excluding hydrogens is 354 g/mol. The molecule has 0 radical (unpaired) electrons. The fourth-order valence-corrected chi connectivity index (χ4v) is 2.36. The molecule has 7 heteroatoms. The summed E-state index contributed by atoms with van der Waals surface area (Å²) in [5, 5.41) is 18.3. The van der Waals surface area contributed by atoms with E-state index in [9.17, 15) is 4.79 Å². The number of nitrogens with zero attached hydrogens (tertiary/aromatic N) is 3. The average molecular weight is 366 g/mol. The number of carbonyl (C=O) groups is 1. The summed E-state index contributed by atoms with van der Waals surface area (Å²) in [5.41, 5.74) is 2.02. The first-order chi connectivity index (χ1) is 12.6. The molecule has 0 aliphatic heterocycles. The van der Waals surface area contributed by atoms with Crippen LogP contribution in [-0.4, -0.2) is 21.0 Å². The monoisotopic (exact) mass is 365 g/mol. The Morgan fingerprint density at radius 1 is 1.15 bits per heavy atom. The number of nitriles is 1. The van der Waals surface area contributed by atoms with Crippen molar-refractivity contribution in [3.63, 3.8) is 0 Å². The Bertz CT molecular complexity index is 980. The quantitative estimate of drug-likeness (QED) is 0.735. The number of hydrogen-bond acceptors (Lipinski definition) is 5. The first-order valence-corrected chi connectivity index (χ1v) is 7.91. The highest BCUT2D eigenvalue weighted by Gasteiger charge is 2.07. The molecule has 0 fully saturated rings. The molecule has 0 unspecified atom stereocenters. The first-order valence-electron chi connectivity index (χ1n) is 7.54. The fourth-order valence-electron chi connectivity index (χ4n) is 2.20. The normalized spacial score (nSPS) is 10.2. The Labute approximate surface area is 154 Å². The summed E-state index contributed by atoms with van der Waals surface area (Å²) in [4.78, 5) is 18.9. The Morgan fingerprint density at radius 2 is 1.85 bits per heavy atom. The summed E-state index contributed by atoms with van der Waals surface area (Å²) in [6.45, 7) is 0.301. The lowest BCUT2D eigenvalue weighted by Crippen LogP contribution is -1.99. The highest BCUT2D eigenvalue weighted by Crippen LogP contribution is 2.21. The third kappa shape index (κ3) is 3.97. The fraction of sp³-hybridized carbons (Fsp3) is 0.0526. The van der Waals surface area contributed by atoms with E-state index in [-0.39, 0.29) is 5.56 Å². The number of carboxylic acids is 1. The molecule has 0 bridgehead atoms. The second kappa shape index (κ2) is 7.64. The van der Waals surface area contributed by atoms with Gasteiger partial charge in [0.25, 0.3) is 0 Å². The van der Waals surface area contributed by atoms with Gasteiger partial charge in [-0.15, -0.1) is 0 Å². The van der Waals surface area contributed by atoms with Crippen molar-refractivity contribution in [2.75, 3.05) is 0 Å². The molecule has 0 amide bonds. The minimum atomic E-state index is -1.07. The van der Waals surface area contributed by atoms with Crippen molar-refractivity contribution < 1.29 is 14.6 Å². The molecule has 1 aromatic heterocycles. The maximum Gasteiger partial charge on any atom is 0.338 e. The molecule has 3 rings (SSSR count). The minimum Gasteiger partial charge on any atom is -0.489 e. The number of aromatic carboxylic acids is 1. The van der Waals surface area contributed by atoms with E-state index in [0.29, 0.717) is 28.8 Å². The molecule has 0 saturated heterocycles. The second-order valence-electron chi connectivity index (χ2n) is 5.34. The molecule has 1 heterocycles. The van der Waals surface area contributed by atoms with Gasteiger partial charge in [-0.25, -0.2) is 14.8 Å². The van der Waals surface area contributed by atoms with Crippen molar-refractivity contribution in [1.29, 1.82) is 5.26 Å². The van der Waals surface area contributed by atoms with Crippen LogP contribution in [0.4, 0.5) is 0 Å². The zero-order valence-corrected chi connectivity index (χ0v) is 14.1. The predicted octanol–water partition coefficient (Wildman–Crippen LogP) is 3.95. The van der Waals surface area contributed by atoms with E-state index >= 15 is 0 Å². The summed E-state index contributed by atoms with van der Waals surface area (Å²) >= 11 is 5.91. The van der Waals surface area contributed by atoms with Crippen LogP contribution in [0.15, 0.2) is 54.9 Å². The Kier molecular flexibility index (Phi) is 5.11. The number of rotatable bonds is 5. The van der Waals surface area contributed by atoms with Crippen molar-refractivity contribution in [3.05, 3.63) is 76.6 Å². The molecule has 1 N–H and O–H groups in total. The smallest absolute Gasteiger partial charge is 0.338 e. The summed E-state index contributed by atoms with van der Waals surface area (Å²) in [5.74, 6) is 0.00401. The number of aromatic nitrogens is 2. The van der Waals surface area contributed by atoms with Crippen LogP contribution in [0.1, 0.15) is 21.5 Å². The zero-order chi connectivity index (χ0) is 18.5. The third-order valence-corrected chi connectivity index (χ3v) is 3.90. The maximum atomic E-state index is 10.8. The average Bonchev–Trinajstić information content (AvgIpc) is 2.68. The molecule has 0 saturated carbocycles. The van der Waals surface area contributed by atoms with E-state index in [0.717, 1.165) is 11.1 Å². The molecule has 0 aliphatic carbocycles. The van der Waals surface area contributed by atoms with E-state index in [1.54, 1.807) is 42.5 Å². The van der Waals surface area contributed by atoms with Crippen molar-refractivity contribution >= 4 is 17.6 Å². The molecule has 2 aromatic carbocycles. The van der Waals surface area contributed by atoms with Crippen LogP contribution in [0.5, 0.6) is 5.75 Å². The van der Waals surface area contributed by atoms with E-state index in [1.165, 1.54) is 12.4 Å². The molecular formula is C19H12ClN3O3. The van der Waals surface area contributed by atoms with Crippen molar-refractivity contribution in [3.8, 4) is 23.2 Å². The van der Waals surface area contributed by atoms with E-state index in [2.05, 4.69) is 9.97 Å². The van der Waals surface area contributed by atoms with Gasteiger partial charge in [0.1, 0.15) is 18.4 Å². The number of benzene rings is 2. The van der Waals surface area contributed by atoms with Crippen molar-refractivity contribution in [1.82, 2.24) is 9.97 Å². The lowest BCUT2D eigenvalue weighted by atomic mass is 10.1. The van der Waals surface area contributed by atoms with Gasteiger partial charge in [-0.05, 0) is 42.0 Å². The van der Waals surface area contributed by atoms with Gasteiger partial charge in [0, 0.05) is 18.0 Å². The number of ether oxygens (including phenoxy) is 1. The molecule has 26 heavy (non-hydrogen) atoms. The zero-order valence-electron chi connectivity index (χ0n) is 13.4. The van der Waals surface area contributed by atoms with Crippen LogP contribution < -0.4 is 4.74 Å². The summed E-state index contributed by atoms with van der Waals surface area (Å²) in [6.07, 6.45) is 2.53. The molecule has 0 spiro atoms. The van der Waals surface area contributed by atoms with E-state index < -0.39 is 5.97 Å². The van der Waals surface area contributed by atoms with Crippen molar-refractivity contribution in [2.24, 2.45) is 0 Å². The Balaban J connectivity index is 1.68. The SMILES string of the molecule is N#Cc1cc(COc2ccc(-c3ncc(C(=O)O)cn3)cc2)ccc1Cl. The standard InChI is InChI=1S/C19H12ClN3O3/c20-17-6-1-12(7-14(17)8-21)11-26-16-4-2-13(3-5-16)18-22-9-15(10-23-18)19(24)25/h1-7,9-10H,11H2,(H,24,25). The highest BCUT2D eigenvalue weighted by molar-refractivity contribution is 6.31. The van der Waals surface area contributed by atoms with Crippen LogP contribution in [0.3, 0.4) is 0 Å². The molecule has 0 aliphatic rings. The maximum absolute atomic E-state index is 10.8. The lowest BCUT2D eigenvalue weighted by molar-refractivity contribution is 0.0696. The molecule has 0 atom stereocenters. The summed E-state index contributed by atoms with van der Waals surface area (Å²) < 4.78 is 5.70. The summed E-state index contributed by atoms with van der Waals surface area (Å²) in [6, 6.07) is 14.3. The molecule has 128 valence electrons. The van der Waals surface area contributed by atoms with Crippen LogP contribution in [0, 0.1) is 11.3 Å². The Morgan fingerprint density at radius 3 is 2.46 bits per heavy atom. The highest BCUT2D eigenvalue weighted by atomic mass is 35.5. The van der Waals surface area contributed by atoms with Crippen LogP contribution in [0.25, 0.3) is 11.4 Å². The van der Waals surface area contributed by atoms with Gasteiger partial charge in [-0.1, -0.05) is 17.7 Å². The molecule has 6 nitrogen and oxygen atoms in total. The van der Waals surface area contributed by atoms with Crippen molar-refractivity contribution in [2.45, 2.75) is 6.61 Å². The number of carboxylic acid groups (broad SMARTS) is 1. The Hall–Kier alpha value is -3.43. The predicted molar refractivity (Wildman–Crippen MR) is 94.9 cm³/mol. The van der Waals surface area contributed by atoms with Crippen LogP contribution in [0.2, 0.25) is 5.02 Å². The first kappa shape index (κ1) is 17.4. The van der Waals surface area contributed by atoms with Crippen LogP contribution >= 0.6 is 11.6 Å². The van der Waals surface area contributed by atoms with E-state index in [1.807, 2.05) is 6.07 Å².